The SMILES string of the molecule is CN(C)c1ccc(NC(=O)c2csc(NC(=O)CCc3ccccc3)n2)cc1. The summed E-state index contributed by atoms with van der Waals surface area (Å²) >= 11 is 1.23. The van der Waals surface area contributed by atoms with Gasteiger partial charge in [0.1, 0.15) is 5.69 Å². The van der Waals surface area contributed by atoms with Gasteiger partial charge in [0, 0.05) is 37.3 Å². The maximum atomic E-state index is 12.4. The number of amides is 2. The van der Waals surface area contributed by atoms with Gasteiger partial charge in [-0.3, -0.25) is 9.59 Å². The summed E-state index contributed by atoms with van der Waals surface area (Å²) in [6, 6.07) is 17.4. The van der Waals surface area contributed by atoms with Crippen molar-refractivity contribution in [3.63, 3.8) is 0 Å². The van der Waals surface area contributed by atoms with E-state index in [-0.39, 0.29) is 17.5 Å². The molecule has 0 unspecified atom stereocenters. The van der Waals surface area contributed by atoms with Crippen LogP contribution in [0.1, 0.15) is 22.5 Å². The molecule has 0 saturated carbocycles. The van der Waals surface area contributed by atoms with E-state index < -0.39 is 0 Å². The van der Waals surface area contributed by atoms with Crippen LogP contribution in [0.5, 0.6) is 0 Å². The van der Waals surface area contributed by atoms with Crippen LogP contribution >= 0.6 is 11.3 Å². The van der Waals surface area contributed by atoms with Crippen LogP contribution in [-0.4, -0.2) is 30.9 Å². The average Bonchev–Trinajstić information content (AvgIpc) is 3.16. The molecule has 2 aromatic carbocycles. The standard InChI is InChI=1S/C21H22N4O2S/c1-25(2)17-11-9-16(10-12-17)22-20(27)18-14-28-21(23-18)24-19(26)13-8-15-6-4-3-5-7-15/h3-7,9-12,14H,8,13H2,1-2H3,(H,22,27)(H,23,24,26). The number of anilines is 3. The van der Waals surface area contributed by atoms with Crippen molar-refractivity contribution < 1.29 is 9.59 Å². The third-order valence-electron chi connectivity index (χ3n) is 4.11. The van der Waals surface area contributed by atoms with Gasteiger partial charge in [-0.2, -0.15) is 0 Å². The monoisotopic (exact) mass is 394 g/mol. The molecule has 0 spiro atoms. The number of hydrogen-bond donors (Lipinski definition) is 2. The molecule has 0 aliphatic rings. The summed E-state index contributed by atoms with van der Waals surface area (Å²) in [5.41, 5.74) is 3.13. The molecule has 144 valence electrons. The zero-order chi connectivity index (χ0) is 19.9. The molecule has 1 aromatic heterocycles. The van der Waals surface area contributed by atoms with Gasteiger partial charge in [0.05, 0.1) is 0 Å². The van der Waals surface area contributed by atoms with Gasteiger partial charge in [-0.25, -0.2) is 4.98 Å². The molecule has 0 aliphatic heterocycles. The van der Waals surface area contributed by atoms with E-state index in [1.807, 2.05) is 73.6 Å². The van der Waals surface area contributed by atoms with Gasteiger partial charge in [-0.15, -0.1) is 11.3 Å². The van der Waals surface area contributed by atoms with Crippen molar-refractivity contribution in [1.29, 1.82) is 0 Å². The molecular weight excluding hydrogens is 372 g/mol. The van der Waals surface area contributed by atoms with E-state index in [2.05, 4.69) is 15.6 Å². The first-order valence-corrected chi connectivity index (χ1v) is 9.77. The Morgan fingerprint density at radius 2 is 1.71 bits per heavy atom. The Kier molecular flexibility index (Phi) is 6.39. The number of thiazole rings is 1. The highest BCUT2D eigenvalue weighted by atomic mass is 32.1. The second-order valence-electron chi connectivity index (χ2n) is 6.47. The van der Waals surface area contributed by atoms with Crippen molar-refractivity contribution >= 4 is 39.7 Å². The second kappa shape index (κ2) is 9.14. The first-order valence-electron chi connectivity index (χ1n) is 8.89. The number of nitrogens with one attached hydrogen (secondary N) is 2. The lowest BCUT2D eigenvalue weighted by molar-refractivity contribution is -0.116. The molecule has 2 amide bonds. The molecule has 0 bridgehead atoms. The van der Waals surface area contributed by atoms with Gasteiger partial charge >= 0.3 is 0 Å². The van der Waals surface area contributed by atoms with E-state index >= 15 is 0 Å². The Balaban J connectivity index is 1.52. The Morgan fingerprint density at radius 3 is 2.39 bits per heavy atom. The van der Waals surface area contributed by atoms with Crippen LogP contribution in [0.15, 0.2) is 60.0 Å². The van der Waals surface area contributed by atoms with Crippen LogP contribution in [0.25, 0.3) is 0 Å². The summed E-state index contributed by atoms with van der Waals surface area (Å²) < 4.78 is 0. The lowest BCUT2D eigenvalue weighted by Crippen LogP contribution is -2.14. The van der Waals surface area contributed by atoms with Crippen LogP contribution in [0.4, 0.5) is 16.5 Å². The molecule has 3 aromatic rings. The number of rotatable bonds is 7. The highest BCUT2D eigenvalue weighted by Gasteiger charge is 2.13. The minimum atomic E-state index is -0.307. The van der Waals surface area contributed by atoms with E-state index in [0.29, 0.717) is 23.7 Å². The van der Waals surface area contributed by atoms with Crippen molar-refractivity contribution in [3.05, 3.63) is 71.2 Å². The van der Waals surface area contributed by atoms with Gasteiger partial charge in [-0.05, 0) is 36.2 Å². The zero-order valence-electron chi connectivity index (χ0n) is 15.8. The maximum Gasteiger partial charge on any atom is 0.275 e. The Hall–Kier alpha value is -3.19. The van der Waals surface area contributed by atoms with Gasteiger partial charge in [0.25, 0.3) is 5.91 Å². The molecule has 0 radical (unpaired) electrons. The molecule has 0 aliphatic carbocycles. The number of nitrogens with zero attached hydrogens (tertiary/aromatic N) is 2. The first kappa shape index (κ1) is 19.6. The molecule has 0 saturated heterocycles. The third-order valence-corrected chi connectivity index (χ3v) is 4.87. The quantitative estimate of drug-likeness (QED) is 0.634. The van der Waals surface area contributed by atoms with E-state index in [0.717, 1.165) is 11.3 Å². The van der Waals surface area contributed by atoms with Crippen molar-refractivity contribution in [3.8, 4) is 0 Å². The van der Waals surface area contributed by atoms with Crippen molar-refractivity contribution in [2.45, 2.75) is 12.8 Å². The lowest BCUT2D eigenvalue weighted by atomic mass is 10.1. The predicted molar refractivity (Wildman–Crippen MR) is 114 cm³/mol. The minimum Gasteiger partial charge on any atom is -0.378 e. The van der Waals surface area contributed by atoms with Crippen LogP contribution in [0, 0.1) is 0 Å². The van der Waals surface area contributed by atoms with E-state index in [9.17, 15) is 9.59 Å². The number of hydrogen-bond acceptors (Lipinski definition) is 5. The number of aromatic nitrogens is 1. The smallest absolute Gasteiger partial charge is 0.275 e. The van der Waals surface area contributed by atoms with E-state index in [1.54, 1.807) is 5.38 Å². The summed E-state index contributed by atoms with van der Waals surface area (Å²) in [6.45, 7) is 0. The normalized spacial score (nSPS) is 10.4. The van der Waals surface area contributed by atoms with Crippen LogP contribution in [0.3, 0.4) is 0 Å². The number of carbonyl (C=O) groups is 2. The molecule has 1 heterocycles. The number of aryl methyl sites for hydroxylation is 1. The molecule has 2 N–H and O–H groups in total. The maximum absolute atomic E-state index is 12.4. The fourth-order valence-electron chi connectivity index (χ4n) is 2.56. The van der Waals surface area contributed by atoms with Gasteiger partial charge in [0.2, 0.25) is 5.91 Å². The summed E-state index contributed by atoms with van der Waals surface area (Å²) in [5, 5.41) is 7.62. The predicted octanol–water partition coefficient (Wildman–Crippen LogP) is 4.03. The zero-order valence-corrected chi connectivity index (χ0v) is 16.6. The van der Waals surface area contributed by atoms with Crippen LogP contribution in [0.2, 0.25) is 0 Å². The summed E-state index contributed by atoms with van der Waals surface area (Å²) in [4.78, 5) is 30.6. The molecule has 3 rings (SSSR count). The topological polar surface area (TPSA) is 74.3 Å². The Bertz CT molecular complexity index is 937. The minimum absolute atomic E-state index is 0.121. The Morgan fingerprint density at radius 1 is 1.00 bits per heavy atom. The molecule has 0 atom stereocenters. The van der Waals surface area contributed by atoms with Gasteiger partial charge in [-0.1, -0.05) is 30.3 Å². The lowest BCUT2D eigenvalue weighted by Gasteiger charge is -2.12. The first-order chi connectivity index (χ1) is 13.5. The fraction of sp³-hybridized carbons (Fsp3) is 0.190. The van der Waals surface area contributed by atoms with Crippen molar-refractivity contribution in [2.24, 2.45) is 0 Å². The summed E-state index contributed by atoms with van der Waals surface area (Å²) in [7, 11) is 3.91. The highest BCUT2D eigenvalue weighted by molar-refractivity contribution is 7.14. The number of carbonyl (C=O) groups excluding carboxylic acids is 2. The third kappa shape index (κ3) is 5.40. The average molecular weight is 395 g/mol. The highest BCUT2D eigenvalue weighted by Crippen LogP contribution is 2.19. The summed E-state index contributed by atoms with van der Waals surface area (Å²) in [6.07, 6.45) is 1.03. The van der Waals surface area contributed by atoms with Crippen LogP contribution < -0.4 is 15.5 Å². The molecular formula is C21H22N4O2S. The molecule has 7 heteroatoms. The fourth-order valence-corrected chi connectivity index (χ4v) is 3.26. The molecule has 0 fully saturated rings. The molecule has 28 heavy (non-hydrogen) atoms. The Labute approximate surface area is 168 Å². The molecule has 6 nitrogen and oxygen atoms in total. The van der Waals surface area contributed by atoms with Crippen molar-refractivity contribution in [1.82, 2.24) is 4.98 Å². The van der Waals surface area contributed by atoms with Crippen LogP contribution in [-0.2, 0) is 11.2 Å². The van der Waals surface area contributed by atoms with E-state index in [4.69, 9.17) is 0 Å². The largest absolute Gasteiger partial charge is 0.378 e. The van der Waals surface area contributed by atoms with Gasteiger partial charge in [0.15, 0.2) is 5.13 Å². The van der Waals surface area contributed by atoms with E-state index in [1.165, 1.54) is 11.3 Å². The van der Waals surface area contributed by atoms with Crippen molar-refractivity contribution in [2.75, 3.05) is 29.6 Å². The number of benzene rings is 2. The second-order valence-corrected chi connectivity index (χ2v) is 7.33. The van der Waals surface area contributed by atoms with Gasteiger partial charge < -0.3 is 15.5 Å². The summed E-state index contributed by atoms with van der Waals surface area (Å²) in [5.74, 6) is -0.428.